The zero-order valence-corrected chi connectivity index (χ0v) is 10.4. The predicted molar refractivity (Wildman–Crippen MR) is 72.9 cm³/mol. The van der Waals surface area contributed by atoms with Crippen molar-refractivity contribution in [1.82, 2.24) is 9.97 Å². The first-order valence-electron chi connectivity index (χ1n) is 6.20. The van der Waals surface area contributed by atoms with Gasteiger partial charge in [-0.3, -0.25) is 5.01 Å². The SMILES string of the molecule is Cc1cccc(N2CCC(Cc3ncc[nH]3)=N2)c1. The van der Waals surface area contributed by atoms with Crippen molar-refractivity contribution in [2.24, 2.45) is 5.10 Å². The fraction of sp³-hybridized carbons (Fsp3) is 0.286. The average molecular weight is 240 g/mol. The molecule has 1 aliphatic heterocycles. The summed E-state index contributed by atoms with van der Waals surface area (Å²) in [6.07, 6.45) is 5.45. The lowest BCUT2D eigenvalue weighted by molar-refractivity contribution is 0.921. The summed E-state index contributed by atoms with van der Waals surface area (Å²) in [6, 6.07) is 8.45. The zero-order valence-electron chi connectivity index (χ0n) is 10.4. The van der Waals surface area contributed by atoms with Gasteiger partial charge in [0.15, 0.2) is 0 Å². The van der Waals surface area contributed by atoms with Gasteiger partial charge in [0.2, 0.25) is 0 Å². The van der Waals surface area contributed by atoms with E-state index in [1.165, 1.54) is 17.0 Å². The van der Waals surface area contributed by atoms with Crippen LogP contribution in [0.1, 0.15) is 17.8 Å². The Balaban J connectivity index is 1.75. The molecule has 1 aromatic carbocycles. The fourth-order valence-electron chi connectivity index (χ4n) is 2.19. The Kier molecular flexibility index (Phi) is 2.84. The number of nitrogens with one attached hydrogen (secondary N) is 1. The largest absolute Gasteiger partial charge is 0.348 e. The number of aryl methyl sites for hydroxylation is 1. The van der Waals surface area contributed by atoms with Crippen LogP contribution in [0.2, 0.25) is 0 Å². The van der Waals surface area contributed by atoms with Gasteiger partial charge in [0.25, 0.3) is 0 Å². The highest BCUT2D eigenvalue weighted by Gasteiger charge is 2.16. The Morgan fingerprint density at radius 1 is 1.39 bits per heavy atom. The van der Waals surface area contributed by atoms with Gasteiger partial charge in [0.1, 0.15) is 5.82 Å². The molecule has 0 radical (unpaired) electrons. The molecule has 0 amide bonds. The molecule has 18 heavy (non-hydrogen) atoms. The van der Waals surface area contributed by atoms with E-state index >= 15 is 0 Å². The number of anilines is 1. The van der Waals surface area contributed by atoms with Crippen LogP contribution >= 0.6 is 0 Å². The normalized spacial score (nSPS) is 14.9. The molecule has 1 aliphatic rings. The Morgan fingerprint density at radius 3 is 3.11 bits per heavy atom. The monoisotopic (exact) mass is 240 g/mol. The van der Waals surface area contributed by atoms with Crippen molar-refractivity contribution in [2.45, 2.75) is 19.8 Å². The molecule has 2 heterocycles. The summed E-state index contributed by atoms with van der Waals surface area (Å²) in [7, 11) is 0. The highest BCUT2D eigenvalue weighted by atomic mass is 15.5. The van der Waals surface area contributed by atoms with E-state index in [1.54, 1.807) is 6.20 Å². The Bertz CT molecular complexity index is 557. The second-order valence-electron chi connectivity index (χ2n) is 4.59. The minimum atomic E-state index is 0.815. The molecule has 0 saturated carbocycles. The van der Waals surface area contributed by atoms with Crippen LogP contribution in [-0.4, -0.2) is 22.2 Å². The van der Waals surface area contributed by atoms with E-state index in [0.29, 0.717) is 0 Å². The molecule has 0 bridgehead atoms. The predicted octanol–water partition coefficient (Wildman–Crippen LogP) is 2.53. The van der Waals surface area contributed by atoms with Crippen molar-refractivity contribution in [2.75, 3.05) is 11.6 Å². The number of hydrogen-bond acceptors (Lipinski definition) is 3. The number of rotatable bonds is 3. The van der Waals surface area contributed by atoms with E-state index in [0.717, 1.165) is 25.2 Å². The van der Waals surface area contributed by atoms with Gasteiger partial charge >= 0.3 is 0 Å². The first-order valence-corrected chi connectivity index (χ1v) is 6.20. The Morgan fingerprint density at radius 2 is 2.33 bits per heavy atom. The van der Waals surface area contributed by atoms with Gasteiger partial charge < -0.3 is 4.98 Å². The van der Waals surface area contributed by atoms with Crippen molar-refractivity contribution in [3.63, 3.8) is 0 Å². The van der Waals surface area contributed by atoms with Crippen molar-refractivity contribution in [3.8, 4) is 0 Å². The molecule has 92 valence electrons. The van der Waals surface area contributed by atoms with Gasteiger partial charge in [0.05, 0.1) is 5.69 Å². The highest BCUT2D eigenvalue weighted by molar-refractivity contribution is 5.89. The van der Waals surface area contributed by atoms with Crippen LogP contribution in [0.5, 0.6) is 0 Å². The fourth-order valence-corrected chi connectivity index (χ4v) is 2.19. The lowest BCUT2D eigenvalue weighted by Gasteiger charge is -2.13. The zero-order chi connectivity index (χ0) is 12.4. The minimum Gasteiger partial charge on any atom is -0.348 e. The van der Waals surface area contributed by atoms with Crippen molar-refractivity contribution in [1.29, 1.82) is 0 Å². The van der Waals surface area contributed by atoms with E-state index in [1.807, 2.05) is 6.20 Å². The van der Waals surface area contributed by atoms with Gasteiger partial charge in [-0.2, -0.15) is 5.10 Å². The number of aromatic amines is 1. The number of aromatic nitrogens is 2. The molecule has 0 atom stereocenters. The average Bonchev–Trinajstić information content (AvgIpc) is 3.01. The molecule has 1 N–H and O–H groups in total. The molecule has 2 aromatic rings. The maximum atomic E-state index is 4.66. The van der Waals surface area contributed by atoms with Crippen LogP contribution in [0.3, 0.4) is 0 Å². The van der Waals surface area contributed by atoms with E-state index in [4.69, 9.17) is 0 Å². The van der Waals surface area contributed by atoms with Crippen molar-refractivity contribution in [3.05, 3.63) is 48.0 Å². The molecule has 0 saturated heterocycles. The van der Waals surface area contributed by atoms with Gasteiger partial charge in [-0.15, -0.1) is 0 Å². The number of hydrazone groups is 1. The van der Waals surface area contributed by atoms with Gasteiger partial charge in [-0.25, -0.2) is 4.98 Å². The highest BCUT2D eigenvalue weighted by Crippen LogP contribution is 2.21. The summed E-state index contributed by atoms with van der Waals surface area (Å²) in [4.78, 5) is 7.35. The minimum absolute atomic E-state index is 0.815. The standard InChI is InChI=1S/C14H16N4/c1-11-3-2-4-13(9-11)18-8-5-12(17-18)10-14-15-6-7-16-14/h2-4,6-7,9H,5,8,10H2,1H3,(H,15,16). The maximum absolute atomic E-state index is 4.66. The van der Waals surface area contributed by atoms with Crippen LogP contribution in [0.15, 0.2) is 41.8 Å². The smallest absolute Gasteiger partial charge is 0.111 e. The molecular formula is C14H16N4. The molecular weight excluding hydrogens is 224 g/mol. The van der Waals surface area contributed by atoms with Crippen LogP contribution in [0.4, 0.5) is 5.69 Å². The molecule has 4 nitrogen and oxygen atoms in total. The summed E-state index contributed by atoms with van der Waals surface area (Å²) in [5.41, 5.74) is 3.62. The van der Waals surface area contributed by atoms with E-state index < -0.39 is 0 Å². The van der Waals surface area contributed by atoms with E-state index in [2.05, 4.69) is 51.3 Å². The number of H-pyrrole nitrogens is 1. The quantitative estimate of drug-likeness (QED) is 0.896. The molecule has 3 rings (SSSR count). The Hall–Kier alpha value is -2.10. The summed E-state index contributed by atoms with van der Waals surface area (Å²) < 4.78 is 0. The topological polar surface area (TPSA) is 44.3 Å². The first kappa shape index (κ1) is 11.0. The number of nitrogens with zero attached hydrogens (tertiary/aromatic N) is 3. The van der Waals surface area contributed by atoms with Crippen molar-refractivity contribution < 1.29 is 0 Å². The van der Waals surface area contributed by atoms with E-state index in [-0.39, 0.29) is 0 Å². The molecule has 4 heteroatoms. The van der Waals surface area contributed by atoms with Gasteiger partial charge in [0, 0.05) is 37.5 Å². The number of benzene rings is 1. The van der Waals surface area contributed by atoms with Crippen molar-refractivity contribution >= 4 is 11.4 Å². The molecule has 0 unspecified atom stereocenters. The second-order valence-corrected chi connectivity index (χ2v) is 4.59. The summed E-state index contributed by atoms with van der Waals surface area (Å²) >= 11 is 0. The van der Waals surface area contributed by atoms with Crippen LogP contribution < -0.4 is 5.01 Å². The first-order chi connectivity index (χ1) is 8.81. The maximum Gasteiger partial charge on any atom is 0.111 e. The summed E-state index contributed by atoms with van der Waals surface area (Å²) in [5, 5.41) is 6.74. The number of hydrogen-bond donors (Lipinski definition) is 1. The summed E-state index contributed by atoms with van der Waals surface area (Å²) in [6.45, 7) is 3.06. The van der Waals surface area contributed by atoms with Gasteiger partial charge in [-0.05, 0) is 24.6 Å². The van der Waals surface area contributed by atoms with E-state index in [9.17, 15) is 0 Å². The van der Waals surface area contributed by atoms with Crippen LogP contribution in [-0.2, 0) is 6.42 Å². The molecule has 0 aliphatic carbocycles. The van der Waals surface area contributed by atoms with Crippen LogP contribution in [0, 0.1) is 6.92 Å². The third-order valence-corrected chi connectivity index (χ3v) is 3.10. The second kappa shape index (κ2) is 4.64. The third-order valence-electron chi connectivity index (χ3n) is 3.10. The third kappa shape index (κ3) is 2.27. The van der Waals surface area contributed by atoms with Gasteiger partial charge in [-0.1, -0.05) is 12.1 Å². The summed E-state index contributed by atoms with van der Waals surface area (Å²) in [5.74, 6) is 0.986. The number of imidazole rings is 1. The van der Waals surface area contributed by atoms with Crippen LogP contribution in [0.25, 0.3) is 0 Å². The molecule has 0 spiro atoms. The lowest BCUT2D eigenvalue weighted by atomic mass is 10.2. The molecule has 0 fully saturated rings. The lowest BCUT2D eigenvalue weighted by Crippen LogP contribution is -2.11. The molecule has 1 aromatic heterocycles. The Labute approximate surface area is 106 Å².